The fourth-order valence-electron chi connectivity index (χ4n) is 2.30. The number of fused-ring (bicyclic) bond motifs is 1. The highest BCUT2D eigenvalue weighted by molar-refractivity contribution is 7.86. The van der Waals surface area contributed by atoms with Gasteiger partial charge in [0.1, 0.15) is 4.90 Å². The van der Waals surface area contributed by atoms with Gasteiger partial charge in [0.05, 0.1) is 0 Å². The normalized spacial score (nSPS) is 10.5. The molecule has 7 heteroatoms. The molecule has 3 rings (SSSR count). The second-order valence-corrected chi connectivity index (χ2v) is 6.02. The molecule has 0 amide bonds. The van der Waals surface area contributed by atoms with E-state index in [2.05, 4.69) is 5.32 Å². The monoisotopic (exact) mass is 334 g/mol. The first-order chi connectivity index (χ1) is 10.1. The first kappa shape index (κ1) is 18.6. The maximum atomic E-state index is 11.6. The number of hydrogen-bond acceptors (Lipinski definition) is 4. The van der Waals surface area contributed by atoms with Crippen molar-refractivity contribution in [2.75, 3.05) is 5.32 Å². The molecule has 0 aliphatic heterocycles. The van der Waals surface area contributed by atoms with Gasteiger partial charge in [-0.05, 0) is 29.7 Å². The van der Waals surface area contributed by atoms with Crippen LogP contribution in [0.25, 0.3) is 10.8 Å². The van der Waals surface area contributed by atoms with Crippen molar-refractivity contribution < 1.29 is 18.4 Å². The molecule has 0 saturated carbocycles. The summed E-state index contributed by atoms with van der Waals surface area (Å²) >= 11 is 0. The average molecular weight is 334 g/mol. The van der Waals surface area contributed by atoms with Crippen LogP contribution in [-0.2, 0) is 10.1 Å². The second-order valence-electron chi connectivity index (χ2n) is 4.63. The molecule has 0 radical (unpaired) electrons. The van der Waals surface area contributed by atoms with Crippen LogP contribution in [0.15, 0.2) is 71.6 Å². The fraction of sp³-hybridized carbons (Fsp3) is 0. The minimum atomic E-state index is -4.28. The van der Waals surface area contributed by atoms with E-state index in [4.69, 9.17) is 0 Å². The van der Waals surface area contributed by atoms with E-state index in [1.54, 1.807) is 24.3 Å². The molecule has 3 aromatic rings. The molecule has 0 aliphatic rings. The van der Waals surface area contributed by atoms with Crippen molar-refractivity contribution >= 4 is 32.3 Å². The molecule has 0 spiro atoms. The number of anilines is 2. The second kappa shape index (κ2) is 7.21. The number of nitrogens with one attached hydrogen (secondary N) is 1. The van der Waals surface area contributed by atoms with Gasteiger partial charge in [0, 0.05) is 16.8 Å². The summed E-state index contributed by atoms with van der Waals surface area (Å²) < 4.78 is 32.6. The number of rotatable bonds is 3. The molecule has 6 nitrogen and oxygen atoms in total. The van der Waals surface area contributed by atoms with E-state index in [1.807, 2.05) is 36.4 Å². The van der Waals surface area contributed by atoms with Gasteiger partial charge in [0.2, 0.25) is 0 Å². The van der Waals surface area contributed by atoms with Crippen molar-refractivity contribution in [3.63, 3.8) is 0 Å². The standard InChI is InChI=1S/C16H13NO3S.H3N.H2O/c18-21(19,20)15-11-5-7-12-6-4-10-14(16(12)15)17-13-8-2-1-3-9-13;;/h1-11,17H,(H,18,19,20);1H3;1H2. The van der Waals surface area contributed by atoms with E-state index in [1.165, 1.54) is 6.07 Å². The van der Waals surface area contributed by atoms with Gasteiger partial charge in [0.25, 0.3) is 10.1 Å². The summed E-state index contributed by atoms with van der Waals surface area (Å²) in [7, 11) is -4.28. The molecule has 0 atom stereocenters. The van der Waals surface area contributed by atoms with Crippen LogP contribution in [0.3, 0.4) is 0 Å². The Morgan fingerprint density at radius 1 is 0.826 bits per heavy atom. The van der Waals surface area contributed by atoms with Crippen LogP contribution in [-0.4, -0.2) is 18.4 Å². The van der Waals surface area contributed by atoms with E-state index in [-0.39, 0.29) is 16.5 Å². The lowest BCUT2D eigenvalue weighted by molar-refractivity contribution is 0.484. The van der Waals surface area contributed by atoms with Crippen LogP contribution in [0.4, 0.5) is 11.4 Å². The molecule has 23 heavy (non-hydrogen) atoms. The van der Waals surface area contributed by atoms with Crippen molar-refractivity contribution in [3.05, 3.63) is 66.7 Å². The minimum absolute atomic E-state index is 0. The van der Waals surface area contributed by atoms with E-state index in [9.17, 15) is 13.0 Å². The van der Waals surface area contributed by atoms with Gasteiger partial charge < -0.3 is 16.9 Å². The molecule has 0 heterocycles. The highest BCUT2D eigenvalue weighted by Crippen LogP contribution is 2.31. The highest BCUT2D eigenvalue weighted by Gasteiger charge is 2.16. The largest absolute Gasteiger partial charge is 0.412 e. The predicted octanol–water partition coefficient (Wildman–Crippen LogP) is 3.17. The van der Waals surface area contributed by atoms with Gasteiger partial charge >= 0.3 is 0 Å². The van der Waals surface area contributed by atoms with Crippen molar-refractivity contribution in [2.45, 2.75) is 4.90 Å². The summed E-state index contributed by atoms with van der Waals surface area (Å²) in [5, 5.41) is 4.40. The fourth-order valence-corrected chi connectivity index (χ4v) is 3.04. The number of hydrogen-bond donors (Lipinski definition) is 3. The first-order valence-corrected chi connectivity index (χ1v) is 7.81. The summed E-state index contributed by atoms with van der Waals surface area (Å²) in [5.41, 5.74) is 1.47. The van der Waals surface area contributed by atoms with Crippen molar-refractivity contribution in [2.24, 2.45) is 0 Å². The third-order valence-electron chi connectivity index (χ3n) is 3.20. The quantitative estimate of drug-likeness (QED) is 0.633. The van der Waals surface area contributed by atoms with Crippen LogP contribution in [0.2, 0.25) is 0 Å². The van der Waals surface area contributed by atoms with Crippen LogP contribution >= 0.6 is 0 Å². The third kappa shape index (κ3) is 3.85. The maximum absolute atomic E-state index is 11.6. The predicted molar refractivity (Wildman–Crippen MR) is 92.1 cm³/mol. The Kier molecular flexibility index (Phi) is 5.83. The Labute approximate surface area is 134 Å². The van der Waals surface area contributed by atoms with E-state index in [0.717, 1.165) is 11.1 Å². The maximum Gasteiger partial charge on any atom is 0.295 e. The summed E-state index contributed by atoms with van der Waals surface area (Å²) in [5.74, 6) is 0. The number of benzene rings is 3. The van der Waals surface area contributed by atoms with Crippen LogP contribution in [0.5, 0.6) is 0 Å². The van der Waals surface area contributed by atoms with Crippen LogP contribution in [0, 0.1) is 0 Å². The summed E-state index contributed by atoms with van der Waals surface area (Å²) in [6.45, 7) is 0. The molecule has 7 N–H and O–H groups in total. The molecule has 0 unspecified atom stereocenters. The smallest absolute Gasteiger partial charge is 0.295 e. The molecular weight excluding hydrogens is 316 g/mol. The van der Waals surface area contributed by atoms with Gasteiger partial charge in [-0.2, -0.15) is 8.42 Å². The highest BCUT2D eigenvalue weighted by atomic mass is 32.2. The lowest BCUT2D eigenvalue weighted by atomic mass is 10.1. The van der Waals surface area contributed by atoms with Crippen molar-refractivity contribution in [1.82, 2.24) is 6.15 Å². The summed E-state index contributed by atoms with van der Waals surface area (Å²) in [6, 6.07) is 19.7. The zero-order chi connectivity index (χ0) is 14.9. The van der Waals surface area contributed by atoms with Crippen LogP contribution in [0.1, 0.15) is 0 Å². The summed E-state index contributed by atoms with van der Waals surface area (Å²) in [4.78, 5) is -0.0981. The topological polar surface area (TPSA) is 133 Å². The van der Waals surface area contributed by atoms with Crippen molar-refractivity contribution in [3.8, 4) is 0 Å². The molecule has 122 valence electrons. The Bertz CT molecular complexity index is 891. The van der Waals surface area contributed by atoms with Gasteiger partial charge in [-0.3, -0.25) is 4.55 Å². The molecule has 0 aliphatic carbocycles. The zero-order valence-corrected chi connectivity index (χ0v) is 13.0. The molecule has 3 aromatic carbocycles. The molecule has 0 bridgehead atoms. The molecule has 0 aromatic heterocycles. The average Bonchev–Trinajstić information content (AvgIpc) is 2.47. The van der Waals surface area contributed by atoms with Crippen LogP contribution < -0.4 is 11.5 Å². The minimum Gasteiger partial charge on any atom is -0.412 e. The van der Waals surface area contributed by atoms with Gasteiger partial charge in [-0.1, -0.05) is 42.5 Å². The lowest BCUT2D eigenvalue weighted by Gasteiger charge is -2.12. The number of para-hydroxylation sites is 1. The van der Waals surface area contributed by atoms with Gasteiger partial charge in [-0.25, -0.2) is 0 Å². The Morgan fingerprint density at radius 3 is 2.04 bits per heavy atom. The Hall–Kier alpha value is -2.45. The van der Waals surface area contributed by atoms with Gasteiger partial charge in [-0.15, -0.1) is 0 Å². The Balaban J connectivity index is 0.00000132. The molecule has 0 saturated heterocycles. The van der Waals surface area contributed by atoms with Crippen molar-refractivity contribution in [1.29, 1.82) is 0 Å². The third-order valence-corrected chi connectivity index (χ3v) is 4.09. The SMILES string of the molecule is N.O.O=S(=O)(O)c1cccc2cccc(Nc3ccccc3)c12. The summed E-state index contributed by atoms with van der Waals surface area (Å²) in [6.07, 6.45) is 0. The first-order valence-electron chi connectivity index (χ1n) is 6.37. The van der Waals surface area contributed by atoms with E-state index in [0.29, 0.717) is 11.1 Å². The van der Waals surface area contributed by atoms with E-state index >= 15 is 0 Å². The Morgan fingerprint density at radius 2 is 1.43 bits per heavy atom. The molecule has 0 fully saturated rings. The van der Waals surface area contributed by atoms with Gasteiger partial charge in [0.15, 0.2) is 0 Å². The lowest BCUT2D eigenvalue weighted by Crippen LogP contribution is -2.01. The zero-order valence-electron chi connectivity index (χ0n) is 12.2. The van der Waals surface area contributed by atoms with E-state index < -0.39 is 10.1 Å². The molecular formula is C16H18N2O4S.